The van der Waals surface area contributed by atoms with Crippen LogP contribution in [0.2, 0.25) is 0 Å². The van der Waals surface area contributed by atoms with Crippen LogP contribution in [0.1, 0.15) is 82.5 Å². The lowest BCUT2D eigenvalue weighted by molar-refractivity contribution is -0.137. The summed E-state index contributed by atoms with van der Waals surface area (Å²) >= 11 is 0. The molecule has 1 aromatic heterocycles. The van der Waals surface area contributed by atoms with Gasteiger partial charge in [-0.2, -0.15) is 0 Å². The van der Waals surface area contributed by atoms with Crippen LogP contribution < -0.4 is 10.6 Å². The Balaban J connectivity index is 1.17. The number of likely N-dealkylation sites (tertiary alicyclic amines) is 2. The number of carbonyl (C=O) groups excluding carboxylic acids is 4. The smallest absolute Gasteiger partial charge is 0.407 e. The molecule has 2 fully saturated rings. The molecule has 2 aliphatic rings. The molecule has 3 aromatic rings. The third-order valence-corrected chi connectivity index (χ3v) is 10.1. The molecule has 2 aliphatic heterocycles. The zero-order chi connectivity index (χ0) is 35.2. The van der Waals surface area contributed by atoms with E-state index in [0.29, 0.717) is 24.6 Å². The molecule has 5 rings (SSSR count). The highest BCUT2D eigenvalue weighted by atomic mass is 16.5. The van der Waals surface area contributed by atoms with E-state index in [2.05, 4.69) is 34.4 Å². The lowest BCUT2D eigenvalue weighted by atomic mass is 9.96. The zero-order valence-corrected chi connectivity index (χ0v) is 29.5. The van der Waals surface area contributed by atoms with Crippen molar-refractivity contribution in [2.24, 2.45) is 17.8 Å². The molecule has 2 saturated heterocycles. The van der Waals surface area contributed by atoms with E-state index >= 15 is 0 Å². The second-order valence-corrected chi connectivity index (χ2v) is 14.0. The number of hydrogen-bond acceptors (Lipinski definition) is 6. The topological polar surface area (TPSA) is 137 Å². The number of hydrogen-bond donors (Lipinski definition) is 3. The van der Waals surface area contributed by atoms with Crippen LogP contribution in [-0.4, -0.2) is 82.4 Å². The first-order chi connectivity index (χ1) is 23.5. The van der Waals surface area contributed by atoms with E-state index in [-0.39, 0.29) is 41.6 Å². The summed E-state index contributed by atoms with van der Waals surface area (Å²) in [4.78, 5) is 63.2. The van der Waals surface area contributed by atoms with E-state index < -0.39 is 12.1 Å². The minimum absolute atomic E-state index is 0.0203. The van der Waals surface area contributed by atoms with Crippen molar-refractivity contribution in [3.05, 3.63) is 66.1 Å². The zero-order valence-electron chi connectivity index (χ0n) is 29.5. The Bertz CT molecular complexity index is 1620. The number of methoxy groups -OCH3 is 1. The predicted octanol–water partition coefficient (Wildman–Crippen LogP) is 5.80. The number of imidazole rings is 1. The van der Waals surface area contributed by atoms with E-state index in [1.165, 1.54) is 7.11 Å². The molecule has 11 nitrogen and oxygen atoms in total. The number of amides is 4. The minimum atomic E-state index is -0.694. The first-order valence-corrected chi connectivity index (χ1v) is 17.5. The number of rotatable bonds is 11. The van der Waals surface area contributed by atoms with Gasteiger partial charge in [-0.3, -0.25) is 14.4 Å². The first-order valence-electron chi connectivity index (χ1n) is 17.5. The Morgan fingerprint density at radius 1 is 0.837 bits per heavy atom. The molecule has 0 aliphatic carbocycles. The maximum absolute atomic E-state index is 13.3. The number of nitrogens with one attached hydrogen (secondary N) is 3. The molecule has 262 valence electrons. The Morgan fingerprint density at radius 2 is 1.45 bits per heavy atom. The third-order valence-electron chi connectivity index (χ3n) is 10.1. The third kappa shape index (κ3) is 8.14. The van der Waals surface area contributed by atoms with Crippen molar-refractivity contribution in [3.63, 3.8) is 0 Å². The number of aromatic amines is 1. The summed E-state index contributed by atoms with van der Waals surface area (Å²) in [7, 11) is 1.27. The van der Waals surface area contributed by atoms with Crippen LogP contribution in [0.25, 0.3) is 22.4 Å². The summed E-state index contributed by atoms with van der Waals surface area (Å²) in [6, 6.07) is 14.8. The van der Waals surface area contributed by atoms with Crippen LogP contribution in [0, 0.1) is 17.8 Å². The van der Waals surface area contributed by atoms with Gasteiger partial charge in [-0.05, 0) is 66.3 Å². The van der Waals surface area contributed by atoms with E-state index in [4.69, 9.17) is 4.74 Å². The van der Waals surface area contributed by atoms with E-state index in [9.17, 15) is 19.2 Å². The largest absolute Gasteiger partial charge is 0.453 e. The molecule has 49 heavy (non-hydrogen) atoms. The molecule has 0 saturated carbocycles. The van der Waals surface area contributed by atoms with Crippen LogP contribution >= 0.6 is 0 Å². The fourth-order valence-electron chi connectivity index (χ4n) is 6.70. The second-order valence-electron chi connectivity index (χ2n) is 14.0. The van der Waals surface area contributed by atoms with Gasteiger partial charge in [0.05, 0.1) is 25.0 Å². The Labute approximate surface area is 289 Å². The van der Waals surface area contributed by atoms with Gasteiger partial charge in [0.2, 0.25) is 11.8 Å². The SMILES string of the molecule is COC(=O)N[C@H](C(=O)N1CCC[C@@H]1CNC(=O)c1ccc(-c2ccc(-c3cnc([C@@H]4CCCN4C(=O)[C@@H](C)C(C)C)[nH]3)cc2)cc1)C(C)C. The fraction of sp³-hybridized carbons (Fsp3) is 0.500. The van der Waals surface area contributed by atoms with Crippen molar-refractivity contribution in [2.45, 2.75) is 78.4 Å². The van der Waals surface area contributed by atoms with Gasteiger partial charge in [0.1, 0.15) is 11.9 Å². The quantitative estimate of drug-likeness (QED) is 0.236. The molecule has 2 aromatic carbocycles. The van der Waals surface area contributed by atoms with Crippen molar-refractivity contribution >= 4 is 23.8 Å². The molecular formula is C38H50N6O5. The lowest BCUT2D eigenvalue weighted by Gasteiger charge is -2.30. The van der Waals surface area contributed by atoms with E-state index in [1.807, 2.05) is 68.3 Å². The van der Waals surface area contributed by atoms with Crippen LogP contribution in [0.5, 0.6) is 0 Å². The molecule has 0 radical (unpaired) electrons. The number of carbonyl (C=O) groups is 4. The summed E-state index contributed by atoms with van der Waals surface area (Å²) in [5.41, 5.74) is 4.46. The predicted molar refractivity (Wildman–Crippen MR) is 188 cm³/mol. The Kier molecular flexibility index (Phi) is 11.4. The lowest BCUT2D eigenvalue weighted by Crippen LogP contribution is -2.54. The fourth-order valence-corrected chi connectivity index (χ4v) is 6.70. The second kappa shape index (κ2) is 15.7. The highest BCUT2D eigenvalue weighted by molar-refractivity contribution is 5.95. The molecular weight excluding hydrogens is 620 g/mol. The van der Waals surface area contributed by atoms with Gasteiger partial charge in [0.25, 0.3) is 5.91 Å². The molecule has 3 heterocycles. The summed E-state index contributed by atoms with van der Waals surface area (Å²) in [5.74, 6) is 0.823. The standard InChI is InChI=1S/C38H50N6O5/c1-23(2)25(5)36(46)44-20-8-10-32(44)34-39-22-31(41-34)28-15-11-26(12-16-28)27-13-17-29(18-14-27)35(45)40-21-30-9-7-19-43(30)37(47)33(24(3)4)42-38(48)49-6/h11-18,22-25,30,32-33H,7-10,19-21H2,1-6H3,(H,39,41)(H,40,45)(H,42,48)/t25-,30+,32-,33-/m0/s1. The van der Waals surface area contributed by atoms with Gasteiger partial charge in [0, 0.05) is 37.2 Å². The van der Waals surface area contributed by atoms with Gasteiger partial charge in [-0.1, -0.05) is 71.0 Å². The number of aromatic nitrogens is 2. The first kappa shape index (κ1) is 35.6. The molecule has 0 spiro atoms. The van der Waals surface area contributed by atoms with Crippen molar-refractivity contribution < 1.29 is 23.9 Å². The summed E-state index contributed by atoms with van der Waals surface area (Å²) in [6.07, 6.45) is 4.70. The van der Waals surface area contributed by atoms with Crippen LogP contribution in [0.15, 0.2) is 54.7 Å². The summed E-state index contributed by atoms with van der Waals surface area (Å²) < 4.78 is 4.70. The monoisotopic (exact) mass is 670 g/mol. The maximum Gasteiger partial charge on any atom is 0.407 e. The van der Waals surface area contributed by atoms with Crippen molar-refractivity contribution in [1.82, 2.24) is 30.4 Å². The normalized spacial score (nSPS) is 18.9. The Hall–Kier alpha value is -4.67. The molecule has 11 heteroatoms. The van der Waals surface area contributed by atoms with Gasteiger partial charge < -0.3 is 30.2 Å². The average molecular weight is 671 g/mol. The van der Waals surface area contributed by atoms with Crippen LogP contribution in [0.4, 0.5) is 4.79 Å². The highest BCUT2D eigenvalue weighted by Gasteiger charge is 2.36. The number of nitrogens with zero attached hydrogens (tertiary/aromatic N) is 3. The number of ether oxygens (including phenoxy) is 1. The van der Waals surface area contributed by atoms with E-state index in [1.54, 1.807) is 17.0 Å². The number of benzene rings is 2. The Morgan fingerprint density at radius 3 is 2.08 bits per heavy atom. The molecule has 0 bridgehead atoms. The average Bonchev–Trinajstić information content (AvgIpc) is 3.90. The molecule has 4 amide bonds. The summed E-state index contributed by atoms with van der Waals surface area (Å²) in [6.45, 7) is 11.6. The van der Waals surface area contributed by atoms with E-state index in [0.717, 1.165) is 60.4 Å². The van der Waals surface area contributed by atoms with Crippen molar-refractivity contribution in [3.8, 4) is 22.4 Å². The molecule has 0 unspecified atom stereocenters. The molecule has 3 N–H and O–H groups in total. The highest BCUT2D eigenvalue weighted by Crippen LogP contribution is 2.34. The van der Waals surface area contributed by atoms with Crippen LogP contribution in [0.3, 0.4) is 0 Å². The minimum Gasteiger partial charge on any atom is -0.453 e. The number of alkyl carbamates (subject to hydrolysis) is 1. The van der Waals surface area contributed by atoms with Gasteiger partial charge >= 0.3 is 6.09 Å². The van der Waals surface area contributed by atoms with Crippen molar-refractivity contribution in [2.75, 3.05) is 26.7 Å². The maximum atomic E-state index is 13.3. The molecule has 4 atom stereocenters. The van der Waals surface area contributed by atoms with Crippen LogP contribution in [-0.2, 0) is 14.3 Å². The van der Waals surface area contributed by atoms with Gasteiger partial charge in [0.15, 0.2) is 0 Å². The van der Waals surface area contributed by atoms with Crippen molar-refractivity contribution in [1.29, 1.82) is 0 Å². The number of H-pyrrole nitrogens is 1. The summed E-state index contributed by atoms with van der Waals surface area (Å²) in [5, 5.41) is 5.65. The van der Waals surface area contributed by atoms with Gasteiger partial charge in [-0.25, -0.2) is 9.78 Å². The van der Waals surface area contributed by atoms with Gasteiger partial charge in [-0.15, -0.1) is 0 Å².